The molecular formula is C14H21N5. The molecule has 1 unspecified atom stereocenters. The predicted molar refractivity (Wildman–Crippen MR) is 74.9 cm³/mol. The SMILES string of the molecule is CCNC(c1cnn(C)c1)c1cc(C)nnc1CC. The molecule has 0 aliphatic rings. The van der Waals surface area contributed by atoms with Gasteiger partial charge in [0.15, 0.2) is 0 Å². The van der Waals surface area contributed by atoms with Crippen LogP contribution in [0.4, 0.5) is 0 Å². The second kappa shape index (κ2) is 5.93. The van der Waals surface area contributed by atoms with E-state index in [-0.39, 0.29) is 6.04 Å². The first-order chi connectivity index (χ1) is 9.15. The zero-order valence-electron chi connectivity index (χ0n) is 12.0. The number of nitrogens with one attached hydrogen (secondary N) is 1. The molecule has 2 aromatic rings. The van der Waals surface area contributed by atoms with Gasteiger partial charge in [0.05, 0.1) is 23.6 Å². The van der Waals surface area contributed by atoms with Crippen LogP contribution in [0.2, 0.25) is 0 Å². The highest BCUT2D eigenvalue weighted by molar-refractivity contribution is 5.32. The Hall–Kier alpha value is -1.75. The summed E-state index contributed by atoms with van der Waals surface area (Å²) in [6, 6.07) is 2.24. The maximum absolute atomic E-state index is 4.31. The first-order valence-corrected chi connectivity index (χ1v) is 6.70. The minimum absolute atomic E-state index is 0.128. The number of hydrogen-bond donors (Lipinski definition) is 1. The summed E-state index contributed by atoms with van der Waals surface area (Å²) in [4.78, 5) is 0. The molecule has 0 radical (unpaired) electrons. The Morgan fingerprint density at radius 1 is 1.32 bits per heavy atom. The Balaban J connectivity index is 2.46. The normalized spacial score (nSPS) is 12.6. The fraction of sp³-hybridized carbons (Fsp3) is 0.500. The molecule has 1 N–H and O–H groups in total. The third-order valence-corrected chi connectivity index (χ3v) is 3.14. The monoisotopic (exact) mass is 259 g/mol. The van der Waals surface area contributed by atoms with E-state index < -0.39 is 0 Å². The molecule has 0 bridgehead atoms. The summed E-state index contributed by atoms with van der Waals surface area (Å²) in [5.41, 5.74) is 4.34. The van der Waals surface area contributed by atoms with Crippen molar-refractivity contribution in [2.24, 2.45) is 7.05 Å². The van der Waals surface area contributed by atoms with E-state index in [1.54, 1.807) is 0 Å². The lowest BCUT2D eigenvalue weighted by molar-refractivity contribution is 0.616. The van der Waals surface area contributed by atoms with Crippen molar-refractivity contribution in [3.05, 3.63) is 41.0 Å². The first-order valence-electron chi connectivity index (χ1n) is 6.70. The van der Waals surface area contributed by atoms with E-state index >= 15 is 0 Å². The Bertz CT molecular complexity index is 547. The molecule has 5 heteroatoms. The molecule has 0 spiro atoms. The molecule has 1 atom stereocenters. The Morgan fingerprint density at radius 2 is 2.11 bits per heavy atom. The molecule has 0 aromatic carbocycles. The van der Waals surface area contributed by atoms with Gasteiger partial charge in [0, 0.05) is 18.8 Å². The fourth-order valence-electron chi connectivity index (χ4n) is 2.26. The van der Waals surface area contributed by atoms with Gasteiger partial charge in [0.25, 0.3) is 0 Å². The van der Waals surface area contributed by atoms with Crippen LogP contribution in [0, 0.1) is 6.92 Å². The van der Waals surface area contributed by atoms with E-state index in [1.165, 1.54) is 5.56 Å². The maximum atomic E-state index is 4.31. The average molecular weight is 259 g/mol. The van der Waals surface area contributed by atoms with Crippen LogP contribution < -0.4 is 5.32 Å². The van der Waals surface area contributed by atoms with Crippen molar-refractivity contribution in [3.63, 3.8) is 0 Å². The highest BCUT2D eigenvalue weighted by Crippen LogP contribution is 2.24. The van der Waals surface area contributed by atoms with Crippen molar-refractivity contribution in [3.8, 4) is 0 Å². The standard InChI is InChI=1S/C14H21N5/c1-5-13-12(7-10(3)17-18-13)14(15-6-2)11-8-16-19(4)9-11/h7-9,14-15H,5-6H2,1-4H3. The van der Waals surface area contributed by atoms with Gasteiger partial charge in [-0.3, -0.25) is 4.68 Å². The van der Waals surface area contributed by atoms with Crippen LogP contribution in [0.1, 0.15) is 42.4 Å². The minimum atomic E-state index is 0.128. The molecule has 0 saturated heterocycles. The van der Waals surface area contributed by atoms with Crippen molar-refractivity contribution < 1.29 is 0 Å². The van der Waals surface area contributed by atoms with Gasteiger partial charge in [-0.15, -0.1) is 0 Å². The van der Waals surface area contributed by atoms with Crippen LogP contribution in [-0.2, 0) is 13.5 Å². The zero-order chi connectivity index (χ0) is 13.8. The Kier molecular flexibility index (Phi) is 4.27. The summed E-state index contributed by atoms with van der Waals surface area (Å²) in [5, 5.41) is 16.2. The van der Waals surface area contributed by atoms with Crippen LogP contribution >= 0.6 is 0 Å². The van der Waals surface area contributed by atoms with Gasteiger partial charge in [0.1, 0.15) is 0 Å². The van der Waals surface area contributed by atoms with Gasteiger partial charge in [-0.2, -0.15) is 15.3 Å². The van der Waals surface area contributed by atoms with Crippen molar-refractivity contribution in [2.75, 3.05) is 6.54 Å². The van der Waals surface area contributed by atoms with Crippen molar-refractivity contribution in [1.82, 2.24) is 25.3 Å². The number of hydrogen-bond acceptors (Lipinski definition) is 4. The predicted octanol–water partition coefficient (Wildman–Crippen LogP) is 1.78. The lowest BCUT2D eigenvalue weighted by Crippen LogP contribution is -2.23. The second-order valence-corrected chi connectivity index (χ2v) is 4.68. The third-order valence-electron chi connectivity index (χ3n) is 3.14. The van der Waals surface area contributed by atoms with Gasteiger partial charge >= 0.3 is 0 Å². The summed E-state index contributed by atoms with van der Waals surface area (Å²) < 4.78 is 1.83. The van der Waals surface area contributed by atoms with E-state index in [2.05, 4.69) is 40.5 Å². The number of rotatable bonds is 5. The van der Waals surface area contributed by atoms with E-state index in [1.807, 2.05) is 31.0 Å². The molecule has 102 valence electrons. The number of aromatic nitrogens is 4. The summed E-state index contributed by atoms with van der Waals surface area (Å²) in [5.74, 6) is 0. The van der Waals surface area contributed by atoms with Crippen molar-refractivity contribution in [2.45, 2.75) is 33.2 Å². The smallest absolute Gasteiger partial charge is 0.0679 e. The topological polar surface area (TPSA) is 55.6 Å². The zero-order valence-corrected chi connectivity index (χ0v) is 12.0. The van der Waals surface area contributed by atoms with Crippen LogP contribution in [-0.4, -0.2) is 26.5 Å². The summed E-state index contributed by atoms with van der Waals surface area (Å²) in [7, 11) is 1.93. The fourth-order valence-corrected chi connectivity index (χ4v) is 2.26. The van der Waals surface area contributed by atoms with Crippen molar-refractivity contribution >= 4 is 0 Å². The van der Waals surface area contributed by atoms with Crippen LogP contribution in [0.3, 0.4) is 0 Å². The molecule has 2 rings (SSSR count). The van der Waals surface area contributed by atoms with Gasteiger partial charge in [-0.05, 0) is 31.5 Å². The number of aryl methyl sites for hydroxylation is 3. The van der Waals surface area contributed by atoms with E-state index in [9.17, 15) is 0 Å². The van der Waals surface area contributed by atoms with Crippen molar-refractivity contribution in [1.29, 1.82) is 0 Å². The van der Waals surface area contributed by atoms with Crippen LogP contribution in [0.15, 0.2) is 18.5 Å². The molecule has 0 aliphatic carbocycles. The molecular weight excluding hydrogens is 238 g/mol. The van der Waals surface area contributed by atoms with E-state index in [0.717, 1.165) is 29.9 Å². The Labute approximate surface area is 114 Å². The average Bonchev–Trinajstić information content (AvgIpc) is 2.82. The summed E-state index contributed by atoms with van der Waals surface area (Å²) >= 11 is 0. The molecule has 2 heterocycles. The molecule has 2 aromatic heterocycles. The molecule has 0 amide bonds. The molecule has 0 fully saturated rings. The highest BCUT2D eigenvalue weighted by atomic mass is 15.2. The summed E-state index contributed by atoms with van der Waals surface area (Å²) in [6.45, 7) is 7.08. The van der Waals surface area contributed by atoms with E-state index in [4.69, 9.17) is 0 Å². The van der Waals surface area contributed by atoms with Gasteiger partial charge in [-0.25, -0.2) is 0 Å². The third kappa shape index (κ3) is 2.98. The van der Waals surface area contributed by atoms with E-state index in [0.29, 0.717) is 0 Å². The van der Waals surface area contributed by atoms with Gasteiger partial charge in [0.2, 0.25) is 0 Å². The molecule has 0 aliphatic heterocycles. The second-order valence-electron chi connectivity index (χ2n) is 4.68. The van der Waals surface area contributed by atoms with Gasteiger partial charge < -0.3 is 5.32 Å². The highest BCUT2D eigenvalue weighted by Gasteiger charge is 2.19. The quantitative estimate of drug-likeness (QED) is 0.889. The van der Waals surface area contributed by atoms with Crippen LogP contribution in [0.25, 0.3) is 0 Å². The molecule has 19 heavy (non-hydrogen) atoms. The largest absolute Gasteiger partial charge is 0.306 e. The maximum Gasteiger partial charge on any atom is 0.0679 e. The minimum Gasteiger partial charge on any atom is -0.306 e. The lowest BCUT2D eigenvalue weighted by atomic mass is 9.98. The first kappa shape index (κ1) is 13.7. The molecule has 5 nitrogen and oxygen atoms in total. The Morgan fingerprint density at radius 3 is 2.68 bits per heavy atom. The number of nitrogens with zero attached hydrogens (tertiary/aromatic N) is 4. The van der Waals surface area contributed by atoms with Crippen LogP contribution in [0.5, 0.6) is 0 Å². The molecule has 0 saturated carbocycles. The summed E-state index contributed by atoms with van der Waals surface area (Å²) in [6.07, 6.45) is 4.83. The lowest BCUT2D eigenvalue weighted by Gasteiger charge is -2.19. The van der Waals surface area contributed by atoms with Gasteiger partial charge in [-0.1, -0.05) is 13.8 Å².